The van der Waals surface area contributed by atoms with E-state index in [2.05, 4.69) is 72.0 Å². The fourth-order valence-corrected chi connectivity index (χ4v) is 3.51. The van der Waals surface area contributed by atoms with Crippen LogP contribution in [0.1, 0.15) is 56.6 Å². The van der Waals surface area contributed by atoms with Crippen LogP contribution < -0.4 is 0 Å². The summed E-state index contributed by atoms with van der Waals surface area (Å²) in [5.41, 5.74) is 6.14. The van der Waals surface area contributed by atoms with Gasteiger partial charge in [0.1, 0.15) is 0 Å². The van der Waals surface area contributed by atoms with Crippen molar-refractivity contribution in [3.63, 3.8) is 0 Å². The molecule has 0 aliphatic carbocycles. The second-order valence-corrected chi connectivity index (χ2v) is 7.68. The van der Waals surface area contributed by atoms with Crippen LogP contribution in [0.3, 0.4) is 0 Å². The SMILES string of the molecule is C=CCCCc1ccc(-c2ccc(-c3ncc(CCCCCC)cn3)cc2)cc1. The van der Waals surface area contributed by atoms with Crippen LogP contribution in [-0.2, 0) is 12.8 Å². The molecule has 1 aromatic heterocycles. The van der Waals surface area contributed by atoms with Gasteiger partial charge in [-0.25, -0.2) is 9.97 Å². The molecule has 0 N–H and O–H groups in total. The Morgan fingerprint density at radius 2 is 1.28 bits per heavy atom. The zero-order chi connectivity index (χ0) is 20.3. The Labute approximate surface area is 175 Å². The Kier molecular flexibility index (Phi) is 8.18. The van der Waals surface area contributed by atoms with Crippen molar-refractivity contribution in [3.05, 3.63) is 84.7 Å². The Bertz CT molecular complexity index is 862. The van der Waals surface area contributed by atoms with E-state index in [-0.39, 0.29) is 0 Å². The predicted molar refractivity (Wildman–Crippen MR) is 124 cm³/mol. The molecule has 0 fully saturated rings. The zero-order valence-electron chi connectivity index (χ0n) is 17.6. The molecular formula is C27H32N2. The molecule has 0 aliphatic heterocycles. The Balaban J connectivity index is 1.60. The minimum atomic E-state index is 0.798. The van der Waals surface area contributed by atoms with Gasteiger partial charge in [-0.3, -0.25) is 0 Å². The topological polar surface area (TPSA) is 25.8 Å². The van der Waals surface area contributed by atoms with E-state index in [0.717, 1.165) is 37.1 Å². The summed E-state index contributed by atoms with van der Waals surface area (Å²) in [6.45, 7) is 6.03. The summed E-state index contributed by atoms with van der Waals surface area (Å²) in [6.07, 6.45) is 15.4. The van der Waals surface area contributed by atoms with Gasteiger partial charge in [-0.15, -0.1) is 6.58 Å². The summed E-state index contributed by atoms with van der Waals surface area (Å²) in [6, 6.07) is 17.4. The third kappa shape index (κ3) is 6.39. The number of aromatic nitrogens is 2. The molecule has 150 valence electrons. The highest BCUT2D eigenvalue weighted by atomic mass is 14.9. The summed E-state index contributed by atoms with van der Waals surface area (Å²) < 4.78 is 0. The zero-order valence-corrected chi connectivity index (χ0v) is 17.6. The Hall–Kier alpha value is -2.74. The maximum Gasteiger partial charge on any atom is 0.159 e. The van der Waals surface area contributed by atoms with Gasteiger partial charge in [-0.1, -0.05) is 80.8 Å². The maximum absolute atomic E-state index is 4.58. The second-order valence-electron chi connectivity index (χ2n) is 7.68. The van der Waals surface area contributed by atoms with E-state index in [4.69, 9.17) is 0 Å². The van der Waals surface area contributed by atoms with Crippen molar-refractivity contribution in [1.29, 1.82) is 0 Å². The van der Waals surface area contributed by atoms with E-state index in [1.54, 1.807) is 0 Å². The van der Waals surface area contributed by atoms with Crippen molar-refractivity contribution >= 4 is 0 Å². The van der Waals surface area contributed by atoms with Crippen molar-refractivity contribution in [2.75, 3.05) is 0 Å². The van der Waals surface area contributed by atoms with E-state index >= 15 is 0 Å². The molecule has 2 aromatic carbocycles. The van der Waals surface area contributed by atoms with E-state index in [0.29, 0.717) is 0 Å². The fourth-order valence-electron chi connectivity index (χ4n) is 3.51. The van der Waals surface area contributed by atoms with E-state index in [1.807, 2.05) is 18.5 Å². The summed E-state index contributed by atoms with van der Waals surface area (Å²) >= 11 is 0. The molecular weight excluding hydrogens is 352 g/mol. The van der Waals surface area contributed by atoms with Crippen LogP contribution in [0.5, 0.6) is 0 Å². The molecule has 0 saturated carbocycles. The average molecular weight is 385 g/mol. The standard InChI is InChI=1S/C27H32N2/c1-3-5-7-9-11-23-20-28-27(29-21-23)26-18-16-25(17-19-26)24-14-12-22(13-15-24)10-8-6-4-2/h4,12-21H,2-3,5-11H2,1H3. The number of aryl methyl sites for hydroxylation is 2. The van der Waals surface area contributed by atoms with E-state index < -0.39 is 0 Å². The number of nitrogens with zero attached hydrogens (tertiary/aromatic N) is 2. The lowest BCUT2D eigenvalue weighted by molar-refractivity contribution is 0.665. The molecule has 1 heterocycles. The molecule has 2 nitrogen and oxygen atoms in total. The van der Waals surface area contributed by atoms with Crippen molar-refractivity contribution in [2.45, 2.75) is 58.3 Å². The van der Waals surface area contributed by atoms with Gasteiger partial charge in [0.15, 0.2) is 5.82 Å². The smallest absolute Gasteiger partial charge is 0.159 e. The van der Waals surface area contributed by atoms with Crippen LogP contribution in [0.4, 0.5) is 0 Å². The summed E-state index contributed by atoms with van der Waals surface area (Å²) in [5.74, 6) is 0.798. The van der Waals surface area contributed by atoms with Gasteiger partial charge in [0, 0.05) is 18.0 Å². The molecule has 0 radical (unpaired) electrons. The molecule has 0 bridgehead atoms. The molecule has 0 aliphatic rings. The van der Waals surface area contributed by atoms with Crippen LogP contribution in [0.25, 0.3) is 22.5 Å². The largest absolute Gasteiger partial charge is 0.236 e. The number of hydrogen-bond donors (Lipinski definition) is 0. The number of benzene rings is 2. The van der Waals surface area contributed by atoms with Crippen LogP contribution in [0.2, 0.25) is 0 Å². The molecule has 0 saturated heterocycles. The first-order valence-corrected chi connectivity index (χ1v) is 10.9. The molecule has 2 heteroatoms. The third-order valence-electron chi connectivity index (χ3n) is 5.33. The molecule has 0 atom stereocenters. The third-order valence-corrected chi connectivity index (χ3v) is 5.33. The highest BCUT2D eigenvalue weighted by Gasteiger charge is 2.04. The van der Waals surface area contributed by atoms with Gasteiger partial charge in [0.05, 0.1) is 0 Å². The van der Waals surface area contributed by atoms with Crippen LogP contribution >= 0.6 is 0 Å². The number of unbranched alkanes of at least 4 members (excludes halogenated alkanes) is 4. The lowest BCUT2D eigenvalue weighted by Gasteiger charge is -2.06. The highest BCUT2D eigenvalue weighted by molar-refractivity contribution is 5.67. The minimum Gasteiger partial charge on any atom is -0.236 e. The van der Waals surface area contributed by atoms with Crippen molar-refractivity contribution in [3.8, 4) is 22.5 Å². The molecule has 3 aromatic rings. The van der Waals surface area contributed by atoms with Gasteiger partial charge in [-0.05, 0) is 54.4 Å². The molecule has 0 amide bonds. The first-order chi connectivity index (χ1) is 14.3. The van der Waals surface area contributed by atoms with Gasteiger partial charge in [-0.2, -0.15) is 0 Å². The highest BCUT2D eigenvalue weighted by Crippen LogP contribution is 2.24. The van der Waals surface area contributed by atoms with Gasteiger partial charge >= 0.3 is 0 Å². The molecule has 0 spiro atoms. The van der Waals surface area contributed by atoms with Crippen molar-refractivity contribution in [2.24, 2.45) is 0 Å². The normalized spacial score (nSPS) is 10.8. The summed E-state index contributed by atoms with van der Waals surface area (Å²) in [5, 5.41) is 0. The lowest BCUT2D eigenvalue weighted by Crippen LogP contribution is -1.93. The summed E-state index contributed by atoms with van der Waals surface area (Å²) in [4.78, 5) is 9.16. The molecule has 0 unspecified atom stereocenters. The average Bonchev–Trinajstić information content (AvgIpc) is 2.78. The van der Waals surface area contributed by atoms with Crippen molar-refractivity contribution in [1.82, 2.24) is 9.97 Å². The van der Waals surface area contributed by atoms with Gasteiger partial charge in [0.2, 0.25) is 0 Å². The van der Waals surface area contributed by atoms with Gasteiger partial charge < -0.3 is 0 Å². The number of hydrogen-bond acceptors (Lipinski definition) is 2. The quantitative estimate of drug-likeness (QED) is 0.253. The monoisotopic (exact) mass is 384 g/mol. The van der Waals surface area contributed by atoms with Crippen LogP contribution in [0.15, 0.2) is 73.6 Å². The first-order valence-electron chi connectivity index (χ1n) is 10.9. The summed E-state index contributed by atoms with van der Waals surface area (Å²) in [7, 11) is 0. The first kappa shape index (κ1) is 21.0. The van der Waals surface area contributed by atoms with Crippen molar-refractivity contribution < 1.29 is 0 Å². The van der Waals surface area contributed by atoms with E-state index in [1.165, 1.54) is 47.9 Å². The maximum atomic E-state index is 4.58. The lowest BCUT2D eigenvalue weighted by atomic mass is 10.0. The Morgan fingerprint density at radius 1 is 0.690 bits per heavy atom. The molecule has 29 heavy (non-hydrogen) atoms. The number of allylic oxidation sites excluding steroid dienone is 1. The Morgan fingerprint density at radius 3 is 1.90 bits per heavy atom. The van der Waals surface area contributed by atoms with E-state index in [9.17, 15) is 0 Å². The van der Waals surface area contributed by atoms with Crippen LogP contribution in [0, 0.1) is 0 Å². The number of rotatable bonds is 11. The fraction of sp³-hybridized carbons (Fsp3) is 0.333. The second kappa shape index (κ2) is 11.3. The van der Waals surface area contributed by atoms with Crippen LogP contribution in [-0.4, -0.2) is 9.97 Å². The molecule has 3 rings (SSSR count). The van der Waals surface area contributed by atoms with Gasteiger partial charge in [0.25, 0.3) is 0 Å². The minimum absolute atomic E-state index is 0.798. The predicted octanol–water partition coefficient (Wildman–Crippen LogP) is 7.44.